The second-order valence-corrected chi connectivity index (χ2v) is 6.00. The van der Waals surface area contributed by atoms with Crippen LogP contribution in [-0.4, -0.2) is 29.8 Å². The number of imidazole rings is 1. The van der Waals surface area contributed by atoms with Gasteiger partial charge in [-0.15, -0.1) is 0 Å². The predicted molar refractivity (Wildman–Crippen MR) is 89.3 cm³/mol. The summed E-state index contributed by atoms with van der Waals surface area (Å²) in [6, 6.07) is 7.76. The number of pyridine rings is 2. The highest BCUT2D eigenvalue weighted by Gasteiger charge is 2.19. The Morgan fingerprint density at radius 1 is 1.21 bits per heavy atom. The van der Waals surface area contributed by atoms with E-state index in [4.69, 9.17) is 10.4 Å². The van der Waals surface area contributed by atoms with Gasteiger partial charge in [0.05, 0.1) is 11.7 Å². The highest BCUT2D eigenvalue weighted by atomic mass is 32.2. The quantitative estimate of drug-likeness (QED) is 0.604. The molecule has 0 radical (unpaired) electrons. The minimum Gasteiger partial charge on any atom is -0.379 e. The zero-order valence-corrected chi connectivity index (χ0v) is 13.6. The summed E-state index contributed by atoms with van der Waals surface area (Å²) in [6.45, 7) is 2.73. The van der Waals surface area contributed by atoms with E-state index in [0.29, 0.717) is 18.1 Å². The molecule has 4 aromatic heterocycles. The van der Waals surface area contributed by atoms with Gasteiger partial charge in [0.15, 0.2) is 17.3 Å². The first-order valence-electron chi connectivity index (χ1n) is 7.30. The van der Waals surface area contributed by atoms with E-state index in [9.17, 15) is 0 Å². The first kappa shape index (κ1) is 14.6. The van der Waals surface area contributed by atoms with E-state index in [1.807, 2.05) is 35.8 Å². The zero-order valence-electron chi connectivity index (χ0n) is 12.7. The van der Waals surface area contributed by atoms with Gasteiger partial charge in [0.2, 0.25) is 0 Å². The van der Waals surface area contributed by atoms with Crippen LogP contribution in [0.5, 0.6) is 0 Å². The van der Waals surface area contributed by atoms with Crippen LogP contribution in [0.4, 0.5) is 5.82 Å². The van der Waals surface area contributed by atoms with Crippen molar-refractivity contribution in [2.45, 2.75) is 23.5 Å². The van der Waals surface area contributed by atoms with Crippen molar-refractivity contribution < 1.29 is 4.63 Å². The molecule has 0 fully saturated rings. The molecule has 24 heavy (non-hydrogen) atoms. The number of aryl methyl sites for hydroxylation is 1. The van der Waals surface area contributed by atoms with E-state index < -0.39 is 0 Å². The fourth-order valence-electron chi connectivity index (χ4n) is 2.43. The van der Waals surface area contributed by atoms with E-state index in [1.165, 1.54) is 11.8 Å². The number of nitrogens with two attached hydrogens (primary N) is 1. The smallest absolute Gasteiger partial charge is 0.199 e. The minimum absolute atomic E-state index is 0.219. The number of nitrogen functional groups attached to an aromatic ring is 1. The monoisotopic (exact) mass is 339 g/mol. The van der Waals surface area contributed by atoms with Gasteiger partial charge in [0.1, 0.15) is 15.6 Å². The minimum atomic E-state index is 0.219. The topological polar surface area (TPSA) is 109 Å². The molecule has 0 saturated carbocycles. The van der Waals surface area contributed by atoms with Crippen LogP contribution in [0.25, 0.3) is 22.6 Å². The fourth-order valence-corrected chi connectivity index (χ4v) is 3.18. The Bertz CT molecular complexity index is 996. The molecule has 2 N–H and O–H groups in total. The lowest BCUT2D eigenvalue weighted by Gasteiger charge is -2.04. The highest BCUT2D eigenvalue weighted by Crippen LogP contribution is 2.30. The van der Waals surface area contributed by atoms with Crippen LogP contribution >= 0.6 is 11.8 Å². The van der Waals surface area contributed by atoms with E-state index in [1.54, 1.807) is 12.4 Å². The lowest BCUT2D eigenvalue weighted by molar-refractivity contribution is 0.310. The average Bonchev–Trinajstić information content (AvgIpc) is 3.18. The van der Waals surface area contributed by atoms with Crippen molar-refractivity contribution in [3.05, 3.63) is 36.7 Å². The maximum atomic E-state index is 5.80. The summed E-state index contributed by atoms with van der Waals surface area (Å²) in [5.74, 6) is 0.837. The summed E-state index contributed by atoms with van der Waals surface area (Å²) in [7, 11) is 0. The SMILES string of the molecule is CCn1c(-c2nonc2N)nc2cnc(Sc3ccccn3)cc21. The van der Waals surface area contributed by atoms with E-state index in [2.05, 4.69) is 25.3 Å². The molecule has 0 bridgehead atoms. The van der Waals surface area contributed by atoms with Gasteiger partial charge >= 0.3 is 0 Å². The molecule has 4 rings (SSSR count). The maximum Gasteiger partial charge on any atom is 0.199 e. The van der Waals surface area contributed by atoms with Crippen molar-refractivity contribution in [3.63, 3.8) is 0 Å². The number of fused-ring (bicyclic) bond motifs is 1. The Labute approximate surface area is 141 Å². The molecular weight excluding hydrogens is 326 g/mol. The molecule has 120 valence electrons. The summed E-state index contributed by atoms with van der Waals surface area (Å²) in [6.07, 6.45) is 3.50. The van der Waals surface area contributed by atoms with Crippen LogP contribution in [0.1, 0.15) is 6.92 Å². The molecule has 9 heteroatoms. The molecule has 8 nitrogen and oxygen atoms in total. The van der Waals surface area contributed by atoms with E-state index >= 15 is 0 Å². The molecule has 0 amide bonds. The maximum absolute atomic E-state index is 5.80. The van der Waals surface area contributed by atoms with Crippen LogP contribution in [0.15, 0.2) is 51.3 Å². The molecule has 4 aromatic rings. The molecule has 4 heterocycles. The Kier molecular flexibility index (Phi) is 3.62. The molecule has 0 aromatic carbocycles. The standard InChI is InChI=1S/C15H13N7OS/c1-2-22-10-7-12(24-11-5-3-4-6-17-11)18-8-9(10)19-15(22)13-14(16)21-23-20-13/h3-8H,2H2,1H3,(H2,16,21). The Morgan fingerprint density at radius 3 is 2.83 bits per heavy atom. The van der Waals surface area contributed by atoms with Gasteiger partial charge in [-0.25, -0.2) is 19.6 Å². The van der Waals surface area contributed by atoms with Gasteiger partial charge in [-0.2, -0.15) is 0 Å². The van der Waals surface area contributed by atoms with Gasteiger partial charge in [0, 0.05) is 12.7 Å². The molecule has 0 saturated heterocycles. The summed E-state index contributed by atoms with van der Waals surface area (Å²) in [5.41, 5.74) is 7.95. The molecule has 0 aliphatic carbocycles. The fraction of sp³-hybridized carbons (Fsp3) is 0.133. The van der Waals surface area contributed by atoms with Gasteiger partial charge < -0.3 is 10.3 Å². The Hall–Kier alpha value is -2.94. The van der Waals surface area contributed by atoms with Crippen molar-refractivity contribution in [1.82, 2.24) is 29.8 Å². The first-order valence-corrected chi connectivity index (χ1v) is 8.11. The lowest BCUT2D eigenvalue weighted by Crippen LogP contribution is -2.00. The van der Waals surface area contributed by atoms with Crippen LogP contribution in [-0.2, 0) is 6.54 Å². The number of rotatable bonds is 4. The van der Waals surface area contributed by atoms with Crippen molar-refractivity contribution in [2.75, 3.05) is 5.73 Å². The summed E-state index contributed by atoms with van der Waals surface area (Å²) >= 11 is 1.50. The predicted octanol–water partition coefficient (Wildman–Crippen LogP) is 2.63. The molecule has 0 atom stereocenters. The molecule has 0 unspecified atom stereocenters. The van der Waals surface area contributed by atoms with Crippen LogP contribution in [0, 0.1) is 0 Å². The number of hydrogen-bond donors (Lipinski definition) is 1. The number of nitrogens with zero attached hydrogens (tertiary/aromatic N) is 6. The summed E-state index contributed by atoms with van der Waals surface area (Å²) in [5, 5.41) is 9.20. The Balaban J connectivity index is 1.80. The van der Waals surface area contributed by atoms with Crippen molar-refractivity contribution >= 4 is 28.6 Å². The van der Waals surface area contributed by atoms with E-state index in [0.717, 1.165) is 21.1 Å². The summed E-state index contributed by atoms with van der Waals surface area (Å²) in [4.78, 5) is 13.3. The molecule has 0 aliphatic rings. The highest BCUT2D eigenvalue weighted by molar-refractivity contribution is 7.99. The third-order valence-corrected chi connectivity index (χ3v) is 4.38. The number of aromatic nitrogens is 6. The van der Waals surface area contributed by atoms with E-state index in [-0.39, 0.29) is 5.82 Å². The molecular formula is C15H13N7OS. The van der Waals surface area contributed by atoms with Crippen molar-refractivity contribution in [1.29, 1.82) is 0 Å². The van der Waals surface area contributed by atoms with Crippen molar-refractivity contribution in [3.8, 4) is 11.5 Å². The second kappa shape index (κ2) is 5.93. The van der Waals surface area contributed by atoms with Gasteiger partial charge in [-0.05, 0) is 35.4 Å². The molecule has 0 aliphatic heterocycles. The normalized spacial score (nSPS) is 11.2. The van der Waals surface area contributed by atoms with Crippen molar-refractivity contribution in [2.24, 2.45) is 0 Å². The number of hydrogen-bond acceptors (Lipinski definition) is 8. The number of anilines is 1. The van der Waals surface area contributed by atoms with Gasteiger partial charge in [-0.1, -0.05) is 17.8 Å². The summed E-state index contributed by atoms with van der Waals surface area (Å²) < 4.78 is 6.70. The van der Waals surface area contributed by atoms with Gasteiger partial charge in [-0.3, -0.25) is 0 Å². The Morgan fingerprint density at radius 2 is 2.12 bits per heavy atom. The average molecular weight is 339 g/mol. The lowest BCUT2D eigenvalue weighted by atomic mass is 10.4. The van der Waals surface area contributed by atoms with Gasteiger partial charge in [0.25, 0.3) is 0 Å². The second-order valence-electron chi connectivity index (χ2n) is 4.96. The zero-order chi connectivity index (χ0) is 16.5. The third kappa shape index (κ3) is 2.48. The largest absolute Gasteiger partial charge is 0.379 e. The van der Waals surface area contributed by atoms with Crippen LogP contribution in [0.3, 0.4) is 0 Å². The third-order valence-electron chi connectivity index (χ3n) is 3.50. The first-order chi connectivity index (χ1) is 11.8. The van der Waals surface area contributed by atoms with Crippen LogP contribution in [0.2, 0.25) is 0 Å². The molecule has 0 spiro atoms. The van der Waals surface area contributed by atoms with Crippen LogP contribution < -0.4 is 5.73 Å².